The topological polar surface area (TPSA) is 533 Å². The Morgan fingerprint density at radius 2 is 1.11 bits per heavy atom. The molecule has 0 aliphatic carbocycles. The molecule has 0 bridgehead atoms. The molecule has 0 saturated carbocycles. The minimum Gasteiger partial charge on any atom is -0.394 e. The molecule has 5 aliphatic heterocycles. The monoisotopic (exact) mass is 1420 g/mol. The number of carbonyl (C=O) groups excluding carboxylic acids is 4. The number of carbonyl (C=O) groups is 4. The van der Waals surface area contributed by atoms with Crippen molar-refractivity contribution in [1.29, 1.82) is 0 Å². The summed E-state index contributed by atoms with van der Waals surface area (Å²) in [6, 6.07) is 0.374. The second-order valence-electron chi connectivity index (χ2n) is 26.0. The van der Waals surface area contributed by atoms with Gasteiger partial charge in [0.05, 0.1) is 69.6 Å². The van der Waals surface area contributed by atoms with Crippen molar-refractivity contribution in [3.63, 3.8) is 0 Å². The van der Waals surface area contributed by atoms with Crippen LogP contribution in [0, 0.1) is 0 Å². The first kappa shape index (κ1) is 83.9. The van der Waals surface area contributed by atoms with Crippen molar-refractivity contribution in [2.24, 2.45) is 0 Å². The number of ether oxygens (including phenoxy) is 10. The van der Waals surface area contributed by atoms with Crippen molar-refractivity contribution >= 4 is 30.1 Å². The number of hydrogen-bond donors (Lipinski definition) is 19. The summed E-state index contributed by atoms with van der Waals surface area (Å²) in [6.07, 6.45) is -27.7. The number of unbranched alkanes of at least 4 members (excludes halogenated alkanes) is 14. The molecule has 28 atom stereocenters. The van der Waals surface area contributed by atoms with Gasteiger partial charge in [-0.2, -0.15) is 0 Å². The number of hydrogen-bond acceptors (Lipinski definition) is 31. The first-order valence-corrected chi connectivity index (χ1v) is 34.4. The van der Waals surface area contributed by atoms with Crippen LogP contribution in [0.4, 0.5) is 0 Å². The number of rotatable bonds is 41. The van der Waals surface area contributed by atoms with Gasteiger partial charge in [0.15, 0.2) is 31.4 Å². The third kappa shape index (κ3) is 23.7. The number of aliphatic hydroxyl groups excluding tert-OH is 16. The third-order valence-corrected chi connectivity index (χ3v) is 18.3. The van der Waals surface area contributed by atoms with E-state index in [1.165, 1.54) is 76.1 Å². The summed E-state index contributed by atoms with van der Waals surface area (Å²) in [5.74, 6) is -5.08. The number of aldehydes is 1. The highest BCUT2D eigenvalue weighted by Gasteiger charge is 2.60. The number of aromatic nitrogens is 1. The Labute approximate surface area is 574 Å². The summed E-state index contributed by atoms with van der Waals surface area (Å²) in [6.45, 7) is -1.72. The summed E-state index contributed by atoms with van der Waals surface area (Å²) in [7, 11) is 0. The summed E-state index contributed by atoms with van der Waals surface area (Å²) < 4.78 is 60.1. The molecule has 34 nitrogen and oxygen atoms in total. The van der Waals surface area contributed by atoms with Crippen LogP contribution < -0.4 is 16.0 Å². The van der Waals surface area contributed by atoms with E-state index in [0.29, 0.717) is 12.1 Å². The normalized spacial score (nSPS) is 36.4. The van der Waals surface area contributed by atoms with E-state index in [2.05, 4.69) is 27.9 Å². The molecule has 99 heavy (non-hydrogen) atoms. The summed E-state index contributed by atoms with van der Waals surface area (Å²) in [5, 5.41) is 185. The predicted molar refractivity (Wildman–Crippen MR) is 340 cm³/mol. The maximum Gasteiger partial charge on any atom is 0.229 e. The quantitative estimate of drug-likeness (QED) is 0.0215. The number of nitrogens with one attached hydrogen (secondary N) is 3. The summed E-state index contributed by atoms with van der Waals surface area (Å²) in [5.41, 5.74) is 0.469. The minimum absolute atomic E-state index is 0.0711. The average Bonchev–Trinajstić information content (AvgIpc) is 0.757. The van der Waals surface area contributed by atoms with Gasteiger partial charge in [0.1, 0.15) is 116 Å². The van der Waals surface area contributed by atoms with Crippen molar-refractivity contribution in [3.05, 3.63) is 36.2 Å². The molecule has 1 aromatic heterocycles. The largest absolute Gasteiger partial charge is 0.394 e. The Balaban J connectivity index is 1.23. The van der Waals surface area contributed by atoms with Crippen LogP contribution >= 0.6 is 0 Å². The van der Waals surface area contributed by atoms with E-state index in [1.807, 2.05) is 0 Å². The molecule has 0 aromatic carbocycles. The fraction of sp³-hybridized carbons (Fsp3) is 0.831. The molecule has 19 N–H and O–H groups in total. The molecule has 0 radical (unpaired) electrons. The third-order valence-electron chi connectivity index (χ3n) is 18.3. The van der Waals surface area contributed by atoms with Gasteiger partial charge in [-0.3, -0.25) is 24.2 Å². The molecule has 0 spiro atoms. The lowest BCUT2D eigenvalue weighted by molar-refractivity contribution is -0.400. The van der Waals surface area contributed by atoms with Gasteiger partial charge in [-0.05, 0) is 24.6 Å². The smallest absolute Gasteiger partial charge is 0.229 e. The molecular weight excluding hydrogens is 1320 g/mol. The number of nitrogens with zero attached hydrogens (tertiary/aromatic N) is 1. The molecule has 1 aromatic rings. The van der Waals surface area contributed by atoms with Crippen molar-refractivity contribution in [1.82, 2.24) is 20.9 Å². The van der Waals surface area contributed by atoms with E-state index >= 15 is 0 Å². The van der Waals surface area contributed by atoms with Gasteiger partial charge in [-0.15, -0.1) is 0 Å². The standard InChI is InChI=1S/C65H108N4O30/c1-4-5-6-7-8-9-10-11-12-13-14-15-16-17-18-22-45(81)69-37(38(78)24-23-36-21-19-20-25-66-36)32-90-62-54(88)52(86)56(43(30-73)93-62)95-64-55(89)60(99-65(33-75)26-39(79)46(67-34(2)76)59(98-65)48(82)40(80)27-70)57(44(31-74)94-64)96-61-47(68-35(3)77)58(50(84)42(29-72)91-61)97-63-53(87)51(85)49(83)41(28-71)92-63/h19-21,23-25,33,37-44,46-64,70-74,78-80,82-89H,4-18,22,26-32H2,1-3H3,(H,67,76)(H,68,77)(H,69,81)/b24-23+/t37-,38+,39?,40+,41?,42?,43?,44?,46+,47?,48+,49-,50-,51?,52?,53?,54?,55?,56+,57-,58?,59?,60?,61?,62+,63?,64-,65-/m0/s1. The van der Waals surface area contributed by atoms with Gasteiger partial charge < -0.3 is 145 Å². The van der Waals surface area contributed by atoms with Crippen LogP contribution in [-0.4, -0.2) is 321 Å². The summed E-state index contributed by atoms with van der Waals surface area (Å²) in [4.78, 5) is 56.7. The molecule has 6 rings (SSSR count). The Hall–Kier alpha value is -4.07. The molecule has 568 valence electrons. The first-order chi connectivity index (χ1) is 47.4. The maximum absolute atomic E-state index is 13.6. The maximum atomic E-state index is 13.6. The van der Waals surface area contributed by atoms with E-state index in [-0.39, 0.29) is 12.7 Å². The zero-order valence-electron chi connectivity index (χ0n) is 56.2. The fourth-order valence-corrected chi connectivity index (χ4v) is 12.8. The van der Waals surface area contributed by atoms with Crippen LogP contribution in [0.5, 0.6) is 0 Å². The van der Waals surface area contributed by atoms with Crippen LogP contribution in [0.1, 0.15) is 136 Å². The van der Waals surface area contributed by atoms with E-state index in [1.54, 1.807) is 18.2 Å². The number of aliphatic hydroxyl groups is 16. The second kappa shape index (κ2) is 42.0. The van der Waals surface area contributed by atoms with Crippen molar-refractivity contribution in [2.45, 2.75) is 301 Å². The molecule has 16 unspecified atom stereocenters. The summed E-state index contributed by atoms with van der Waals surface area (Å²) >= 11 is 0. The van der Waals surface area contributed by atoms with E-state index in [0.717, 1.165) is 46.0 Å². The number of amides is 3. The van der Waals surface area contributed by atoms with E-state index in [4.69, 9.17) is 47.4 Å². The van der Waals surface area contributed by atoms with Gasteiger partial charge in [-0.25, -0.2) is 0 Å². The molecule has 5 fully saturated rings. The Kier molecular flexibility index (Phi) is 35.6. The van der Waals surface area contributed by atoms with E-state index < -0.39 is 235 Å². The van der Waals surface area contributed by atoms with Crippen molar-refractivity contribution in [3.8, 4) is 0 Å². The minimum atomic E-state index is -2.94. The van der Waals surface area contributed by atoms with Crippen molar-refractivity contribution in [2.75, 3.05) is 39.6 Å². The zero-order valence-corrected chi connectivity index (χ0v) is 56.2. The van der Waals surface area contributed by atoms with Crippen molar-refractivity contribution < 1.29 is 148 Å². The average molecular weight is 1430 g/mol. The van der Waals surface area contributed by atoms with Crippen LogP contribution in [0.15, 0.2) is 30.5 Å². The first-order valence-electron chi connectivity index (χ1n) is 34.4. The zero-order chi connectivity index (χ0) is 72.5. The lowest BCUT2D eigenvalue weighted by Crippen LogP contribution is -2.71. The Morgan fingerprint density at radius 3 is 1.68 bits per heavy atom. The van der Waals surface area contributed by atoms with Crippen LogP contribution in [0.3, 0.4) is 0 Å². The molecule has 34 heteroatoms. The Bertz CT molecular complexity index is 2540. The number of pyridine rings is 1. The molecule has 5 aliphatic rings. The second-order valence-corrected chi connectivity index (χ2v) is 26.0. The van der Waals surface area contributed by atoms with E-state index in [9.17, 15) is 101 Å². The highest BCUT2D eigenvalue weighted by molar-refractivity contribution is 5.76. The fourth-order valence-electron chi connectivity index (χ4n) is 12.8. The van der Waals surface area contributed by atoms with Gasteiger partial charge in [0.25, 0.3) is 0 Å². The van der Waals surface area contributed by atoms with Crippen LogP contribution in [0.2, 0.25) is 0 Å². The van der Waals surface area contributed by atoms with Gasteiger partial charge in [0, 0.05) is 32.9 Å². The molecule has 6 heterocycles. The SMILES string of the molecule is CCCCCCCCCCCCCCCCCC(=O)N[C@@H](CO[C@@H]1OC(CO)[C@@H](O[C@@H]2OC(CO)[C@H](OC3OC(CO)[C@H](O)C(OC4OC(CO)[C@H](O)C(O)C4O)C3NC(C)=O)C(O[C@]3(C=O)CC(O)[C@@H](NC(C)=O)C([C@H](O)[C@H](O)CO)O3)C2O)C(O)C1O)[C@H](O)/C=C/c1ccccn1. The highest BCUT2D eigenvalue weighted by Crippen LogP contribution is 2.40. The van der Waals surface area contributed by atoms with Gasteiger partial charge in [0.2, 0.25) is 23.5 Å². The van der Waals surface area contributed by atoms with Gasteiger partial charge >= 0.3 is 0 Å². The van der Waals surface area contributed by atoms with Crippen LogP contribution in [0.25, 0.3) is 6.08 Å². The van der Waals surface area contributed by atoms with Crippen LogP contribution in [-0.2, 0) is 66.5 Å². The molecule has 5 saturated heterocycles. The lowest BCUT2D eigenvalue weighted by Gasteiger charge is -2.52. The Morgan fingerprint density at radius 1 is 0.596 bits per heavy atom. The molecule has 3 amide bonds. The predicted octanol–water partition coefficient (Wildman–Crippen LogP) is -5.08. The lowest BCUT2D eigenvalue weighted by atomic mass is 9.88. The molecular formula is C65H108N4O30. The highest BCUT2D eigenvalue weighted by atomic mass is 16.8. The van der Waals surface area contributed by atoms with Gasteiger partial charge in [-0.1, -0.05) is 109 Å².